The largest absolute Gasteiger partial charge is 0.331 e. The van der Waals surface area contributed by atoms with Gasteiger partial charge in [-0.2, -0.15) is 11.8 Å². The first kappa shape index (κ1) is 12.6. The Hall–Kier alpha value is -0.450. The molecule has 1 heterocycles. The molecule has 0 saturated heterocycles. The molecular weight excluding hydrogens is 284 g/mol. The lowest BCUT2D eigenvalue weighted by atomic mass is 9.84. The van der Waals surface area contributed by atoms with Crippen LogP contribution in [-0.4, -0.2) is 20.6 Å². The van der Waals surface area contributed by atoms with Crippen molar-refractivity contribution in [3.63, 3.8) is 0 Å². The van der Waals surface area contributed by atoms with Crippen LogP contribution in [0.4, 0.5) is 0 Å². The van der Waals surface area contributed by atoms with Crippen LogP contribution in [0.5, 0.6) is 0 Å². The number of H-pyrrole nitrogens is 1. The number of fused-ring (bicyclic) bond motifs is 1. The molecule has 0 unspecified atom stereocenters. The summed E-state index contributed by atoms with van der Waals surface area (Å²) in [5.74, 6) is 0. The Morgan fingerprint density at radius 1 is 1.50 bits per heavy atom. The number of imidazole rings is 1. The van der Waals surface area contributed by atoms with Crippen LogP contribution in [0.1, 0.15) is 19.3 Å². The first-order valence-electron chi connectivity index (χ1n) is 6.07. The van der Waals surface area contributed by atoms with Gasteiger partial charge >= 0.3 is 0 Å². The molecule has 0 atom stereocenters. The van der Waals surface area contributed by atoms with E-state index >= 15 is 0 Å². The number of aromatic nitrogens is 2. The van der Waals surface area contributed by atoms with Crippen LogP contribution in [0.3, 0.4) is 0 Å². The van der Waals surface area contributed by atoms with Crippen LogP contribution >= 0.6 is 35.6 Å². The fraction of sp³-hybridized carbons (Fsp3) is 0.462. The van der Waals surface area contributed by atoms with Crippen molar-refractivity contribution >= 4 is 46.6 Å². The molecule has 96 valence electrons. The molecule has 0 amide bonds. The predicted octanol–water partition coefficient (Wildman–Crippen LogP) is 4.64. The smallest absolute Gasteiger partial charge is 0.178 e. The Balaban J connectivity index is 2.06. The summed E-state index contributed by atoms with van der Waals surface area (Å²) in [6.07, 6.45) is 6.11. The predicted molar refractivity (Wildman–Crippen MR) is 82.2 cm³/mol. The zero-order valence-electron chi connectivity index (χ0n) is 10.2. The summed E-state index contributed by atoms with van der Waals surface area (Å²) < 4.78 is 3.40. The SMILES string of the molecule is CSC1(Cn2c(=S)[nH]c3cc(Cl)ccc32)CCC1. The van der Waals surface area contributed by atoms with Gasteiger partial charge in [-0.1, -0.05) is 18.0 Å². The number of benzene rings is 1. The highest BCUT2D eigenvalue weighted by atomic mass is 35.5. The molecule has 1 aromatic heterocycles. The van der Waals surface area contributed by atoms with E-state index in [-0.39, 0.29) is 0 Å². The molecule has 5 heteroatoms. The van der Waals surface area contributed by atoms with Crippen molar-refractivity contribution < 1.29 is 0 Å². The fourth-order valence-electron chi connectivity index (χ4n) is 2.58. The third-order valence-corrected chi connectivity index (χ3v) is 5.84. The summed E-state index contributed by atoms with van der Waals surface area (Å²) in [6.45, 7) is 0.995. The van der Waals surface area contributed by atoms with E-state index in [4.69, 9.17) is 23.8 Å². The van der Waals surface area contributed by atoms with Crippen LogP contribution in [-0.2, 0) is 6.54 Å². The first-order chi connectivity index (χ1) is 8.63. The van der Waals surface area contributed by atoms with Crippen LogP contribution < -0.4 is 0 Å². The summed E-state index contributed by atoms with van der Waals surface area (Å²) in [6, 6.07) is 5.92. The lowest BCUT2D eigenvalue weighted by Crippen LogP contribution is -2.37. The molecular formula is C13H15ClN2S2. The third-order valence-electron chi connectivity index (χ3n) is 3.88. The minimum atomic E-state index is 0.382. The second-order valence-electron chi connectivity index (χ2n) is 4.92. The molecule has 2 nitrogen and oxygen atoms in total. The molecule has 1 aromatic carbocycles. The molecule has 0 radical (unpaired) electrons. The van der Waals surface area contributed by atoms with Gasteiger partial charge in [0.15, 0.2) is 4.77 Å². The number of hydrogen-bond donors (Lipinski definition) is 1. The summed E-state index contributed by atoms with van der Waals surface area (Å²) in [7, 11) is 0. The molecule has 2 aromatic rings. The summed E-state index contributed by atoms with van der Waals surface area (Å²) in [5, 5.41) is 0.745. The summed E-state index contributed by atoms with van der Waals surface area (Å²) in [5.41, 5.74) is 2.19. The van der Waals surface area contributed by atoms with Gasteiger partial charge in [-0.25, -0.2) is 0 Å². The normalized spacial score (nSPS) is 17.9. The Labute approximate surface area is 121 Å². The van der Waals surface area contributed by atoms with Gasteiger partial charge in [-0.05, 0) is 49.5 Å². The fourth-order valence-corrected chi connectivity index (χ4v) is 3.98. The number of nitrogens with zero attached hydrogens (tertiary/aromatic N) is 1. The van der Waals surface area contributed by atoms with Gasteiger partial charge in [-0.15, -0.1) is 0 Å². The van der Waals surface area contributed by atoms with Crippen LogP contribution in [0.2, 0.25) is 5.02 Å². The monoisotopic (exact) mass is 298 g/mol. The molecule has 1 saturated carbocycles. The molecule has 18 heavy (non-hydrogen) atoms. The Kier molecular flexibility index (Phi) is 3.20. The maximum atomic E-state index is 6.01. The third kappa shape index (κ3) is 2.00. The standard InChI is InChI=1S/C13H15ClN2S2/c1-18-13(5-2-6-13)8-16-11-4-3-9(14)7-10(11)15-12(16)17/h3-4,7H,2,5-6,8H2,1H3,(H,15,17). The van der Waals surface area contributed by atoms with Gasteiger partial charge in [0.2, 0.25) is 0 Å². The molecule has 1 N–H and O–H groups in total. The maximum Gasteiger partial charge on any atom is 0.178 e. The molecule has 1 aliphatic rings. The van der Waals surface area contributed by atoms with E-state index in [9.17, 15) is 0 Å². The number of thioether (sulfide) groups is 1. The quantitative estimate of drug-likeness (QED) is 0.833. The van der Waals surface area contributed by atoms with E-state index in [2.05, 4.69) is 21.9 Å². The number of nitrogens with one attached hydrogen (secondary N) is 1. The van der Waals surface area contributed by atoms with Crippen LogP contribution in [0.15, 0.2) is 18.2 Å². The first-order valence-corrected chi connectivity index (χ1v) is 8.08. The van der Waals surface area contributed by atoms with E-state index < -0.39 is 0 Å². The van der Waals surface area contributed by atoms with Crippen molar-refractivity contribution in [1.82, 2.24) is 9.55 Å². The van der Waals surface area contributed by atoms with E-state index in [0.29, 0.717) is 4.75 Å². The minimum absolute atomic E-state index is 0.382. The molecule has 1 aliphatic carbocycles. The average Bonchev–Trinajstić information content (AvgIpc) is 2.59. The number of aromatic amines is 1. The molecule has 0 bridgehead atoms. The second-order valence-corrected chi connectivity index (χ2v) is 7.02. The number of rotatable bonds is 3. The van der Waals surface area contributed by atoms with Crippen molar-refractivity contribution in [2.45, 2.75) is 30.6 Å². The van der Waals surface area contributed by atoms with Crippen molar-refractivity contribution in [2.75, 3.05) is 6.26 Å². The van der Waals surface area contributed by atoms with Crippen molar-refractivity contribution in [3.8, 4) is 0 Å². The Morgan fingerprint density at radius 2 is 2.28 bits per heavy atom. The second kappa shape index (κ2) is 4.58. The lowest BCUT2D eigenvalue weighted by molar-refractivity contribution is 0.323. The van der Waals surface area contributed by atoms with Gasteiger partial charge < -0.3 is 9.55 Å². The zero-order chi connectivity index (χ0) is 12.8. The summed E-state index contributed by atoms with van der Waals surface area (Å²) >= 11 is 13.4. The van der Waals surface area contributed by atoms with Crippen molar-refractivity contribution in [2.24, 2.45) is 0 Å². The molecule has 0 aliphatic heterocycles. The maximum absolute atomic E-state index is 6.01. The van der Waals surface area contributed by atoms with E-state index in [1.807, 2.05) is 23.9 Å². The highest BCUT2D eigenvalue weighted by Crippen LogP contribution is 2.44. The van der Waals surface area contributed by atoms with E-state index in [1.54, 1.807) is 0 Å². The van der Waals surface area contributed by atoms with Gasteiger partial charge in [0.05, 0.1) is 11.0 Å². The summed E-state index contributed by atoms with van der Waals surface area (Å²) in [4.78, 5) is 3.25. The zero-order valence-corrected chi connectivity index (χ0v) is 12.6. The van der Waals surface area contributed by atoms with Gasteiger partial charge in [-0.3, -0.25) is 0 Å². The molecule has 1 fully saturated rings. The van der Waals surface area contributed by atoms with Crippen molar-refractivity contribution in [1.29, 1.82) is 0 Å². The van der Waals surface area contributed by atoms with Gasteiger partial charge in [0.25, 0.3) is 0 Å². The van der Waals surface area contributed by atoms with Crippen LogP contribution in [0.25, 0.3) is 11.0 Å². The topological polar surface area (TPSA) is 20.7 Å². The molecule has 3 rings (SSSR count). The molecule has 0 spiro atoms. The average molecular weight is 299 g/mol. The van der Waals surface area contributed by atoms with E-state index in [1.165, 1.54) is 19.3 Å². The van der Waals surface area contributed by atoms with Gasteiger partial charge in [0, 0.05) is 16.3 Å². The van der Waals surface area contributed by atoms with Crippen molar-refractivity contribution in [3.05, 3.63) is 28.0 Å². The van der Waals surface area contributed by atoms with E-state index in [0.717, 1.165) is 27.4 Å². The Bertz CT molecular complexity index is 634. The highest BCUT2D eigenvalue weighted by molar-refractivity contribution is 8.00. The number of halogens is 1. The van der Waals surface area contributed by atoms with Gasteiger partial charge in [0.1, 0.15) is 0 Å². The minimum Gasteiger partial charge on any atom is -0.331 e. The van der Waals surface area contributed by atoms with Crippen LogP contribution in [0, 0.1) is 4.77 Å². The lowest BCUT2D eigenvalue weighted by Gasteiger charge is -2.40. The highest BCUT2D eigenvalue weighted by Gasteiger charge is 2.36. The Morgan fingerprint density at radius 3 is 2.89 bits per heavy atom. The number of hydrogen-bond acceptors (Lipinski definition) is 2.